The molecule has 1 aliphatic rings. The van der Waals surface area contributed by atoms with Crippen LogP contribution < -0.4 is 5.32 Å². The monoisotopic (exact) mass is 280 g/mol. The van der Waals surface area contributed by atoms with Gasteiger partial charge in [-0.2, -0.15) is 0 Å². The third-order valence-electron chi connectivity index (χ3n) is 4.98. The molecule has 2 rings (SSSR count). The summed E-state index contributed by atoms with van der Waals surface area (Å²) in [5.74, 6) is 0.914. The number of hydrogen-bond acceptors (Lipinski definition) is 3. The molecule has 1 fully saturated rings. The topological polar surface area (TPSA) is 24.9 Å². The summed E-state index contributed by atoms with van der Waals surface area (Å²) in [7, 11) is 0. The van der Waals surface area contributed by atoms with Gasteiger partial charge >= 0.3 is 0 Å². The Morgan fingerprint density at radius 3 is 2.53 bits per heavy atom. The molecule has 0 bridgehead atoms. The molecule has 0 amide bonds. The quantitative estimate of drug-likeness (QED) is 0.856. The molecule has 0 saturated heterocycles. The fraction of sp³-hybridized carbons (Fsp3) is 0.812. The molecule has 19 heavy (non-hydrogen) atoms. The zero-order valence-electron chi connectivity index (χ0n) is 12.8. The second-order valence-corrected chi connectivity index (χ2v) is 7.69. The lowest BCUT2D eigenvalue weighted by atomic mass is 9.69. The van der Waals surface area contributed by atoms with Gasteiger partial charge in [0.15, 0.2) is 0 Å². The molecule has 0 radical (unpaired) electrons. The van der Waals surface area contributed by atoms with Crippen molar-refractivity contribution in [2.45, 2.75) is 72.4 Å². The molecule has 1 aromatic rings. The van der Waals surface area contributed by atoms with Gasteiger partial charge in [0.2, 0.25) is 0 Å². The van der Waals surface area contributed by atoms with E-state index in [0.29, 0.717) is 11.5 Å². The van der Waals surface area contributed by atoms with Crippen molar-refractivity contribution in [3.05, 3.63) is 16.1 Å². The zero-order chi connectivity index (χ0) is 13.9. The zero-order valence-corrected chi connectivity index (χ0v) is 13.6. The number of aromatic nitrogens is 1. The van der Waals surface area contributed by atoms with Crippen LogP contribution in [0.5, 0.6) is 0 Å². The van der Waals surface area contributed by atoms with Crippen LogP contribution in [0, 0.1) is 18.3 Å². The Bertz CT molecular complexity index is 389. The highest BCUT2D eigenvalue weighted by Gasteiger charge is 2.31. The van der Waals surface area contributed by atoms with Crippen molar-refractivity contribution in [3.8, 4) is 0 Å². The molecule has 0 aromatic carbocycles. The molecule has 108 valence electrons. The molecule has 0 spiro atoms. The number of thiazole rings is 1. The van der Waals surface area contributed by atoms with Gasteiger partial charge in [-0.05, 0) is 43.9 Å². The van der Waals surface area contributed by atoms with E-state index in [1.807, 2.05) is 0 Å². The molecule has 1 heterocycles. The maximum atomic E-state index is 4.52. The first-order valence-corrected chi connectivity index (χ1v) is 8.53. The summed E-state index contributed by atoms with van der Waals surface area (Å²) in [6.45, 7) is 10.2. The average molecular weight is 280 g/mol. The van der Waals surface area contributed by atoms with E-state index in [1.54, 1.807) is 11.3 Å². The minimum Gasteiger partial charge on any atom is -0.308 e. The Hall–Kier alpha value is -0.410. The van der Waals surface area contributed by atoms with Gasteiger partial charge in [-0.1, -0.05) is 27.2 Å². The van der Waals surface area contributed by atoms with Crippen LogP contribution in [0.15, 0.2) is 5.38 Å². The smallest absolute Gasteiger partial charge is 0.0897 e. The van der Waals surface area contributed by atoms with Gasteiger partial charge in [-0.3, -0.25) is 0 Å². The summed E-state index contributed by atoms with van der Waals surface area (Å²) in [6.07, 6.45) is 6.73. The highest BCUT2D eigenvalue weighted by molar-refractivity contribution is 7.09. The maximum absolute atomic E-state index is 4.52. The third kappa shape index (κ3) is 4.03. The van der Waals surface area contributed by atoms with Crippen LogP contribution in [0.2, 0.25) is 0 Å². The average Bonchev–Trinajstić information content (AvgIpc) is 2.83. The van der Waals surface area contributed by atoms with E-state index in [-0.39, 0.29) is 0 Å². The summed E-state index contributed by atoms with van der Waals surface area (Å²) in [5, 5.41) is 7.03. The fourth-order valence-corrected chi connectivity index (χ4v) is 3.72. The largest absolute Gasteiger partial charge is 0.308 e. The fourth-order valence-electron chi connectivity index (χ4n) is 3.11. The van der Waals surface area contributed by atoms with Gasteiger partial charge in [0.05, 0.1) is 10.7 Å². The summed E-state index contributed by atoms with van der Waals surface area (Å²) >= 11 is 1.75. The Morgan fingerprint density at radius 1 is 1.32 bits per heavy atom. The lowest BCUT2D eigenvalue weighted by Crippen LogP contribution is -2.36. The SMILES string of the molecule is CCC(C)(C)C1CCC(NCc2csc(C)n2)CC1. The van der Waals surface area contributed by atoms with Crippen LogP contribution in [0.1, 0.15) is 63.6 Å². The Morgan fingerprint density at radius 2 is 2.00 bits per heavy atom. The summed E-state index contributed by atoms with van der Waals surface area (Å²) in [5.41, 5.74) is 1.73. The minimum absolute atomic E-state index is 0.525. The molecule has 0 atom stereocenters. The maximum Gasteiger partial charge on any atom is 0.0897 e. The van der Waals surface area contributed by atoms with E-state index >= 15 is 0 Å². The molecule has 1 N–H and O–H groups in total. The van der Waals surface area contributed by atoms with Crippen molar-refractivity contribution >= 4 is 11.3 Å². The van der Waals surface area contributed by atoms with Crippen LogP contribution in [0.25, 0.3) is 0 Å². The van der Waals surface area contributed by atoms with Crippen LogP contribution in [0.3, 0.4) is 0 Å². The first-order chi connectivity index (χ1) is 9.01. The Kier molecular flexibility index (Phi) is 5.02. The number of rotatable bonds is 5. The number of nitrogens with one attached hydrogen (secondary N) is 1. The second kappa shape index (κ2) is 6.36. The van der Waals surface area contributed by atoms with Crippen LogP contribution >= 0.6 is 11.3 Å². The van der Waals surface area contributed by atoms with E-state index < -0.39 is 0 Å². The van der Waals surface area contributed by atoms with Gasteiger partial charge in [0.1, 0.15) is 0 Å². The van der Waals surface area contributed by atoms with Crippen LogP contribution in [-0.2, 0) is 6.54 Å². The predicted molar refractivity (Wildman–Crippen MR) is 83.5 cm³/mol. The van der Waals surface area contributed by atoms with Crippen LogP contribution in [-0.4, -0.2) is 11.0 Å². The third-order valence-corrected chi connectivity index (χ3v) is 5.80. The van der Waals surface area contributed by atoms with E-state index in [1.165, 1.54) is 42.8 Å². The number of aryl methyl sites for hydroxylation is 1. The van der Waals surface area contributed by atoms with Crippen molar-refractivity contribution in [3.63, 3.8) is 0 Å². The minimum atomic E-state index is 0.525. The first kappa shape index (κ1) is 15.0. The number of nitrogens with zero attached hydrogens (tertiary/aromatic N) is 1. The molecule has 1 saturated carbocycles. The van der Waals surface area contributed by atoms with Crippen molar-refractivity contribution < 1.29 is 0 Å². The normalized spacial score (nSPS) is 24.6. The lowest BCUT2D eigenvalue weighted by molar-refractivity contribution is 0.136. The first-order valence-electron chi connectivity index (χ1n) is 7.65. The van der Waals surface area contributed by atoms with Gasteiger partial charge in [-0.15, -0.1) is 11.3 Å². The second-order valence-electron chi connectivity index (χ2n) is 6.63. The van der Waals surface area contributed by atoms with Crippen molar-refractivity contribution in [1.82, 2.24) is 10.3 Å². The van der Waals surface area contributed by atoms with Gasteiger partial charge in [0.25, 0.3) is 0 Å². The number of hydrogen-bond donors (Lipinski definition) is 1. The highest BCUT2D eigenvalue weighted by Crippen LogP contribution is 2.40. The van der Waals surface area contributed by atoms with E-state index in [0.717, 1.165) is 12.5 Å². The van der Waals surface area contributed by atoms with E-state index in [9.17, 15) is 0 Å². The molecule has 1 aliphatic carbocycles. The molecular formula is C16H28N2S. The molecule has 1 aromatic heterocycles. The van der Waals surface area contributed by atoms with Crippen molar-refractivity contribution in [2.75, 3.05) is 0 Å². The molecule has 3 heteroatoms. The summed E-state index contributed by atoms with van der Waals surface area (Å²) in [6, 6.07) is 0.700. The Balaban J connectivity index is 1.74. The predicted octanol–water partition coefficient (Wildman–Crippen LogP) is 4.54. The van der Waals surface area contributed by atoms with Crippen molar-refractivity contribution in [1.29, 1.82) is 0 Å². The van der Waals surface area contributed by atoms with E-state index in [4.69, 9.17) is 0 Å². The molecule has 2 nitrogen and oxygen atoms in total. The van der Waals surface area contributed by atoms with E-state index in [2.05, 4.69) is 43.4 Å². The van der Waals surface area contributed by atoms with Gasteiger partial charge < -0.3 is 5.32 Å². The lowest BCUT2D eigenvalue weighted by Gasteiger charge is -2.39. The standard InChI is InChI=1S/C16H28N2S/c1-5-16(3,4)13-6-8-14(9-7-13)17-10-15-11-19-12(2)18-15/h11,13-14,17H,5-10H2,1-4H3. The summed E-state index contributed by atoms with van der Waals surface area (Å²) in [4.78, 5) is 4.52. The van der Waals surface area contributed by atoms with Gasteiger partial charge in [-0.25, -0.2) is 4.98 Å². The van der Waals surface area contributed by atoms with Crippen LogP contribution in [0.4, 0.5) is 0 Å². The Labute approximate surface area is 122 Å². The summed E-state index contributed by atoms with van der Waals surface area (Å²) < 4.78 is 0. The van der Waals surface area contributed by atoms with Crippen molar-refractivity contribution in [2.24, 2.45) is 11.3 Å². The highest BCUT2D eigenvalue weighted by atomic mass is 32.1. The molecule has 0 aliphatic heterocycles. The van der Waals surface area contributed by atoms with Gasteiger partial charge in [0, 0.05) is 18.0 Å². The molecule has 0 unspecified atom stereocenters. The molecular weight excluding hydrogens is 252 g/mol.